The quantitative estimate of drug-likeness (QED) is 0.797. The summed E-state index contributed by atoms with van der Waals surface area (Å²) in [6, 6.07) is 7.52. The lowest BCUT2D eigenvalue weighted by Crippen LogP contribution is -2.13. The van der Waals surface area contributed by atoms with E-state index in [0.29, 0.717) is 19.0 Å². The summed E-state index contributed by atoms with van der Waals surface area (Å²) in [5.41, 5.74) is 0.746. The maximum atomic E-state index is 12.1. The Labute approximate surface area is 107 Å². The van der Waals surface area contributed by atoms with Crippen LogP contribution in [0.5, 0.6) is 0 Å². The van der Waals surface area contributed by atoms with Crippen molar-refractivity contribution in [1.82, 2.24) is 0 Å². The number of fused-ring (bicyclic) bond motifs is 1. The zero-order chi connectivity index (χ0) is 11.8. The van der Waals surface area contributed by atoms with Gasteiger partial charge in [-0.15, -0.1) is 0 Å². The number of ketones is 1. The molecule has 1 unspecified atom stereocenters. The summed E-state index contributed by atoms with van der Waals surface area (Å²) < 4.78 is 11.8. The molecule has 0 radical (unpaired) electrons. The molecule has 1 aromatic heterocycles. The second kappa shape index (κ2) is 4.27. The molecule has 2 aromatic rings. The number of hydrogen-bond donors (Lipinski definition) is 0. The van der Waals surface area contributed by atoms with Crippen LogP contribution in [0.2, 0.25) is 0 Å². The van der Waals surface area contributed by atoms with Crippen molar-refractivity contribution in [2.45, 2.75) is 6.42 Å². The molecular formula is C13H11BrO3. The second-order valence-electron chi connectivity index (χ2n) is 4.22. The summed E-state index contributed by atoms with van der Waals surface area (Å²) in [5.74, 6) is 0.447. The van der Waals surface area contributed by atoms with E-state index in [1.54, 1.807) is 6.07 Å². The Morgan fingerprint density at radius 2 is 2.24 bits per heavy atom. The Morgan fingerprint density at radius 1 is 1.35 bits per heavy atom. The molecule has 4 heteroatoms. The van der Waals surface area contributed by atoms with E-state index in [2.05, 4.69) is 15.9 Å². The summed E-state index contributed by atoms with van der Waals surface area (Å²) in [5, 5.41) is 0.946. The molecule has 1 aliphatic heterocycles. The topological polar surface area (TPSA) is 39.4 Å². The van der Waals surface area contributed by atoms with Crippen LogP contribution >= 0.6 is 15.9 Å². The molecule has 3 rings (SSSR count). The van der Waals surface area contributed by atoms with Crippen LogP contribution in [-0.2, 0) is 4.74 Å². The van der Waals surface area contributed by atoms with E-state index in [4.69, 9.17) is 9.15 Å². The summed E-state index contributed by atoms with van der Waals surface area (Å²) in [6.45, 7) is 1.18. The van der Waals surface area contributed by atoms with Crippen LogP contribution in [0.25, 0.3) is 11.0 Å². The van der Waals surface area contributed by atoms with Crippen molar-refractivity contribution < 1.29 is 13.9 Å². The van der Waals surface area contributed by atoms with Crippen LogP contribution < -0.4 is 0 Å². The number of halogens is 1. The Balaban J connectivity index is 1.97. The number of furan rings is 1. The minimum atomic E-state index is -0.0426. The van der Waals surface area contributed by atoms with E-state index in [-0.39, 0.29) is 11.7 Å². The molecule has 3 nitrogen and oxygen atoms in total. The van der Waals surface area contributed by atoms with Crippen molar-refractivity contribution in [1.29, 1.82) is 0 Å². The average molecular weight is 295 g/mol. The zero-order valence-electron chi connectivity index (χ0n) is 9.11. The van der Waals surface area contributed by atoms with Crippen molar-refractivity contribution in [2.75, 3.05) is 13.2 Å². The predicted octanol–water partition coefficient (Wildman–Crippen LogP) is 3.41. The molecule has 2 heterocycles. The van der Waals surface area contributed by atoms with E-state index >= 15 is 0 Å². The van der Waals surface area contributed by atoms with Gasteiger partial charge in [-0.1, -0.05) is 15.9 Å². The molecule has 0 bridgehead atoms. The van der Waals surface area contributed by atoms with Crippen molar-refractivity contribution in [3.05, 3.63) is 34.5 Å². The Hall–Kier alpha value is -1.13. The highest BCUT2D eigenvalue weighted by Crippen LogP contribution is 2.26. The van der Waals surface area contributed by atoms with Gasteiger partial charge in [-0.2, -0.15) is 0 Å². The molecule has 0 N–H and O–H groups in total. The lowest BCUT2D eigenvalue weighted by atomic mass is 10.0. The van der Waals surface area contributed by atoms with Gasteiger partial charge < -0.3 is 9.15 Å². The van der Waals surface area contributed by atoms with E-state index < -0.39 is 0 Å². The molecule has 1 aliphatic rings. The third-order valence-electron chi connectivity index (χ3n) is 3.02. The Kier molecular flexibility index (Phi) is 2.76. The molecule has 0 amide bonds. The third-order valence-corrected chi connectivity index (χ3v) is 3.51. The lowest BCUT2D eigenvalue weighted by molar-refractivity contribution is 0.0874. The molecule has 0 spiro atoms. The first kappa shape index (κ1) is 11.0. The largest absolute Gasteiger partial charge is 0.453 e. The monoisotopic (exact) mass is 294 g/mol. The lowest BCUT2D eigenvalue weighted by Gasteiger charge is -2.01. The van der Waals surface area contributed by atoms with Gasteiger partial charge in [0.05, 0.1) is 12.5 Å². The molecule has 1 atom stereocenters. The summed E-state index contributed by atoms with van der Waals surface area (Å²) >= 11 is 3.40. The summed E-state index contributed by atoms with van der Waals surface area (Å²) in [7, 11) is 0. The van der Waals surface area contributed by atoms with Crippen LogP contribution in [0.15, 0.2) is 33.2 Å². The SMILES string of the molecule is O=C(c1cc2cc(Br)ccc2o1)C1CCOC1. The first-order valence-corrected chi connectivity index (χ1v) is 6.34. The molecule has 1 saturated heterocycles. The van der Waals surface area contributed by atoms with Gasteiger partial charge >= 0.3 is 0 Å². The van der Waals surface area contributed by atoms with Gasteiger partial charge in [0.2, 0.25) is 5.78 Å². The van der Waals surface area contributed by atoms with Gasteiger partial charge in [0, 0.05) is 16.5 Å². The molecule has 0 saturated carbocycles. The van der Waals surface area contributed by atoms with Gasteiger partial charge in [-0.25, -0.2) is 0 Å². The zero-order valence-corrected chi connectivity index (χ0v) is 10.7. The first-order valence-electron chi connectivity index (χ1n) is 5.55. The smallest absolute Gasteiger partial charge is 0.203 e. The number of benzene rings is 1. The van der Waals surface area contributed by atoms with E-state index in [9.17, 15) is 4.79 Å². The number of ether oxygens (including phenoxy) is 1. The van der Waals surface area contributed by atoms with Crippen LogP contribution in [0.4, 0.5) is 0 Å². The maximum Gasteiger partial charge on any atom is 0.203 e. The van der Waals surface area contributed by atoms with Crippen molar-refractivity contribution >= 4 is 32.7 Å². The number of rotatable bonds is 2. The number of hydrogen-bond acceptors (Lipinski definition) is 3. The molecule has 0 aliphatic carbocycles. The number of Topliss-reactive ketones (excluding diaryl/α,β-unsaturated/α-hetero) is 1. The highest BCUT2D eigenvalue weighted by Gasteiger charge is 2.27. The van der Waals surface area contributed by atoms with Gasteiger partial charge in [-0.05, 0) is 30.7 Å². The second-order valence-corrected chi connectivity index (χ2v) is 5.13. The fourth-order valence-corrected chi connectivity index (χ4v) is 2.46. The minimum Gasteiger partial charge on any atom is -0.453 e. The molecule has 17 heavy (non-hydrogen) atoms. The van der Waals surface area contributed by atoms with Crippen LogP contribution in [0, 0.1) is 5.92 Å². The van der Waals surface area contributed by atoms with E-state index in [0.717, 1.165) is 21.9 Å². The predicted molar refractivity (Wildman–Crippen MR) is 67.2 cm³/mol. The van der Waals surface area contributed by atoms with Crippen LogP contribution in [0.1, 0.15) is 17.0 Å². The minimum absolute atomic E-state index is 0.0426. The number of carbonyl (C=O) groups is 1. The summed E-state index contributed by atoms with van der Waals surface area (Å²) in [4.78, 5) is 12.1. The molecule has 88 valence electrons. The van der Waals surface area contributed by atoms with E-state index in [1.165, 1.54) is 0 Å². The first-order chi connectivity index (χ1) is 8.24. The van der Waals surface area contributed by atoms with E-state index in [1.807, 2.05) is 18.2 Å². The Bertz CT molecular complexity index is 567. The fourth-order valence-electron chi connectivity index (χ4n) is 2.08. The number of carbonyl (C=O) groups excluding carboxylic acids is 1. The average Bonchev–Trinajstić information content (AvgIpc) is 2.96. The summed E-state index contributed by atoms with van der Waals surface area (Å²) in [6.07, 6.45) is 0.791. The molecular weight excluding hydrogens is 284 g/mol. The highest BCUT2D eigenvalue weighted by molar-refractivity contribution is 9.10. The van der Waals surface area contributed by atoms with Gasteiger partial charge in [0.15, 0.2) is 5.76 Å². The molecule has 1 fully saturated rings. The van der Waals surface area contributed by atoms with Crippen molar-refractivity contribution in [2.24, 2.45) is 5.92 Å². The van der Waals surface area contributed by atoms with Crippen molar-refractivity contribution in [3.8, 4) is 0 Å². The Morgan fingerprint density at radius 3 is 3.00 bits per heavy atom. The van der Waals surface area contributed by atoms with Crippen molar-refractivity contribution in [3.63, 3.8) is 0 Å². The highest BCUT2D eigenvalue weighted by atomic mass is 79.9. The van der Waals surface area contributed by atoms with Gasteiger partial charge in [-0.3, -0.25) is 4.79 Å². The van der Waals surface area contributed by atoms with Gasteiger partial charge in [0.25, 0.3) is 0 Å². The van der Waals surface area contributed by atoms with Gasteiger partial charge in [0.1, 0.15) is 5.58 Å². The maximum absolute atomic E-state index is 12.1. The fraction of sp³-hybridized carbons (Fsp3) is 0.308. The van der Waals surface area contributed by atoms with Crippen LogP contribution in [0.3, 0.4) is 0 Å². The standard InChI is InChI=1S/C13H11BrO3/c14-10-1-2-11-9(5-10)6-12(17-11)13(15)8-3-4-16-7-8/h1-2,5-6,8H,3-4,7H2. The third kappa shape index (κ3) is 2.03. The van der Waals surface area contributed by atoms with Crippen LogP contribution in [-0.4, -0.2) is 19.0 Å². The molecule has 1 aromatic carbocycles. The normalized spacial score (nSPS) is 19.9.